The Balaban J connectivity index is 2.45. The van der Waals surface area contributed by atoms with Gasteiger partial charge < -0.3 is 13.9 Å². The van der Waals surface area contributed by atoms with Gasteiger partial charge in [-0.1, -0.05) is 0 Å². The molecule has 1 atom stereocenters. The van der Waals surface area contributed by atoms with Gasteiger partial charge in [0, 0.05) is 20.5 Å². The van der Waals surface area contributed by atoms with Crippen LogP contribution in [0, 0.1) is 6.92 Å². The number of rotatable bonds is 5. The van der Waals surface area contributed by atoms with E-state index in [4.69, 9.17) is 13.9 Å². The first-order chi connectivity index (χ1) is 7.13. The van der Waals surface area contributed by atoms with E-state index < -0.39 is 0 Å². The van der Waals surface area contributed by atoms with Crippen molar-refractivity contribution in [3.8, 4) is 0 Å². The van der Waals surface area contributed by atoms with Crippen molar-refractivity contribution in [2.45, 2.75) is 26.4 Å². The molecule has 0 aromatic carbocycles. The van der Waals surface area contributed by atoms with Gasteiger partial charge in [-0.25, -0.2) is 0 Å². The van der Waals surface area contributed by atoms with Crippen LogP contribution in [0.3, 0.4) is 0 Å². The molecule has 15 heavy (non-hydrogen) atoms. The molecule has 1 heterocycles. The maximum absolute atomic E-state index is 10.6. The first-order valence-corrected chi connectivity index (χ1v) is 4.86. The van der Waals surface area contributed by atoms with Crippen LogP contribution in [0.5, 0.6) is 0 Å². The maximum Gasteiger partial charge on any atom is 0.302 e. The highest BCUT2D eigenvalue weighted by molar-refractivity contribution is 5.65. The summed E-state index contributed by atoms with van der Waals surface area (Å²) in [6.07, 6.45) is 0.446. The number of hydrogen-bond donors (Lipinski definition) is 0. The molecule has 1 aromatic heterocycles. The van der Waals surface area contributed by atoms with Gasteiger partial charge in [0.2, 0.25) is 0 Å². The third-order valence-corrected chi connectivity index (χ3v) is 2.05. The molecule has 0 saturated carbocycles. The number of esters is 1. The fraction of sp³-hybridized carbons (Fsp3) is 0.545. The van der Waals surface area contributed by atoms with E-state index in [0.717, 1.165) is 11.5 Å². The standard InChI is InChI=1S/C11H16O4/c1-8-4-5-11(15-8)10(13-3)6-7-14-9(2)12/h4-5,10H,6-7H2,1-3H3. The van der Waals surface area contributed by atoms with E-state index >= 15 is 0 Å². The van der Waals surface area contributed by atoms with E-state index in [-0.39, 0.29) is 12.1 Å². The largest absolute Gasteiger partial charge is 0.466 e. The molecule has 4 heteroatoms. The molecule has 0 aliphatic carbocycles. The van der Waals surface area contributed by atoms with Crippen LogP contribution in [0.25, 0.3) is 0 Å². The summed E-state index contributed by atoms with van der Waals surface area (Å²) >= 11 is 0. The normalized spacial score (nSPS) is 12.5. The summed E-state index contributed by atoms with van der Waals surface area (Å²) in [5.41, 5.74) is 0. The van der Waals surface area contributed by atoms with Crippen LogP contribution in [0.4, 0.5) is 0 Å². The lowest BCUT2D eigenvalue weighted by atomic mass is 10.2. The number of hydrogen-bond acceptors (Lipinski definition) is 4. The number of carbonyl (C=O) groups is 1. The quantitative estimate of drug-likeness (QED) is 0.702. The van der Waals surface area contributed by atoms with Crippen molar-refractivity contribution in [2.75, 3.05) is 13.7 Å². The molecule has 0 spiro atoms. The molecular formula is C11H16O4. The maximum atomic E-state index is 10.6. The van der Waals surface area contributed by atoms with Gasteiger partial charge in [0.25, 0.3) is 0 Å². The van der Waals surface area contributed by atoms with E-state index in [9.17, 15) is 4.79 Å². The number of furan rings is 1. The average Bonchev–Trinajstić information content (AvgIpc) is 2.59. The molecular weight excluding hydrogens is 196 g/mol. The Morgan fingerprint density at radius 2 is 2.27 bits per heavy atom. The fourth-order valence-corrected chi connectivity index (χ4v) is 1.31. The van der Waals surface area contributed by atoms with E-state index in [1.54, 1.807) is 7.11 Å². The Kier molecular flexibility index (Phi) is 4.37. The van der Waals surface area contributed by atoms with Gasteiger partial charge in [0.05, 0.1) is 6.61 Å². The van der Waals surface area contributed by atoms with Crippen LogP contribution in [-0.2, 0) is 14.3 Å². The van der Waals surface area contributed by atoms with Crippen molar-refractivity contribution in [3.63, 3.8) is 0 Å². The number of methoxy groups -OCH3 is 1. The van der Waals surface area contributed by atoms with Gasteiger partial charge in [-0.3, -0.25) is 4.79 Å². The number of carbonyl (C=O) groups excluding carboxylic acids is 1. The zero-order valence-electron chi connectivity index (χ0n) is 9.28. The molecule has 0 radical (unpaired) electrons. The zero-order chi connectivity index (χ0) is 11.3. The van der Waals surface area contributed by atoms with Crippen molar-refractivity contribution < 1.29 is 18.7 Å². The van der Waals surface area contributed by atoms with Crippen molar-refractivity contribution in [1.82, 2.24) is 0 Å². The molecule has 0 fully saturated rings. The molecule has 0 aliphatic rings. The van der Waals surface area contributed by atoms with Crippen molar-refractivity contribution in [3.05, 3.63) is 23.7 Å². The van der Waals surface area contributed by atoms with E-state index in [2.05, 4.69) is 0 Å². The summed E-state index contributed by atoms with van der Waals surface area (Å²) in [4.78, 5) is 10.6. The Bertz CT molecular complexity index is 316. The minimum atomic E-state index is -0.277. The molecule has 0 N–H and O–H groups in total. The van der Waals surface area contributed by atoms with E-state index in [1.807, 2.05) is 19.1 Å². The van der Waals surface area contributed by atoms with Gasteiger partial charge in [-0.05, 0) is 19.1 Å². The van der Waals surface area contributed by atoms with E-state index in [1.165, 1.54) is 6.92 Å². The second-order valence-corrected chi connectivity index (χ2v) is 3.30. The second kappa shape index (κ2) is 5.56. The minimum Gasteiger partial charge on any atom is -0.466 e. The van der Waals surface area contributed by atoms with Gasteiger partial charge in [-0.2, -0.15) is 0 Å². The third-order valence-electron chi connectivity index (χ3n) is 2.05. The summed E-state index contributed by atoms with van der Waals surface area (Å²) < 4.78 is 15.5. The predicted octanol–water partition coefficient (Wildman–Crippen LogP) is 2.23. The summed E-state index contributed by atoms with van der Waals surface area (Å²) in [5, 5.41) is 0. The van der Waals surface area contributed by atoms with Gasteiger partial charge in [-0.15, -0.1) is 0 Å². The van der Waals surface area contributed by atoms with Crippen LogP contribution in [0.15, 0.2) is 16.5 Å². The Hall–Kier alpha value is -1.29. The highest BCUT2D eigenvalue weighted by atomic mass is 16.5. The SMILES string of the molecule is COC(CCOC(C)=O)c1ccc(C)o1. The van der Waals surface area contributed by atoms with Crippen LogP contribution in [0.2, 0.25) is 0 Å². The summed E-state index contributed by atoms with van der Waals surface area (Å²) in [5.74, 6) is 1.34. The molecule has 1 aromatic rings. The number of aryl methyl sites for hydroxylation is 1. The highest BCUT2D eigenvalue weighted by Gasteiger charge is 2.14. The number of ether oxygens (including phenoxy) is 2. The molecule has 0 saturated heterocycles. The van der Waals surface area contributed by atoms with Crippen LogP contribution in [0.1, 0.15) is 31.0 Å². The fourth-order valence-electron chi connectivity index (χ4n) is 1.31. The lowest BCUT2D eigenvalue weighted by Gasteiger charge is -2.12. The predicted molar refractivity (Wildman–Crippen MR) is 54.4 cm³/mol. The molecule has 4 nitrogen and oxygen atoms in total. The Morgan fingerprint density at radius 1 is 1.53 bits per heavy atom. The molecule has 0 amide bonds. The molecule has 84 valence electrons. The summed E-state index contributed by atoms with van der Waals surface area (Å²) in [6, 6.07) is 3.75. The smallest absolute Gasteiger partial charge is 0.302 e. The zero-order valence-corrected chi connectivity index (χ0v) is 9.28. The average molecular weight is 212 g/mol. The van der Waals surface area contributed by atoms with Crippen LogP contribution in [-0.4, -0.2) is 19.7 Å². The van der Waals surface area contributed by atoms with Crippen molar-refractivity contribution >= 4 is 5.97 Å². The van der Waals surface area contributed by atoms with Crippen molar-refractivity contribution in [1.29, 1.82) is 0 Å². The first-order valence-electron chi connectivity index (χ1n) is 4.86. The lowest BCUT2D eigenvalue weighted by molar-refractivity contribution is -0.141. The van der Waals surface area contributed by atoms with Gasteiger partial charge in [0.15, 0.2) is 0 Å². The van der Waals surface area contributed by atoms with Gasteiger partial charge >= 0.3 is 5.97 Å². The van der Waals surface area contributed by atoms with Crippen LogP contribution >= 0.6 is 0 Å². The van der Waals surface area contributed by atoms with Crippen LogP contribution < -0.4 is 0 Å². The Labute approximate surface area is 89.2 Å². The van der Waals surface area contributed by atoms with Crippen molar-refractivity contribution in [2.24, 2.45) is 0 Å². The van der Waals surface area contributed by atoms with Gasteiger partial charge in [0.1, 0.15) is 17.6 Å². The molecule has 1 rings (SSSR count). The summed E-state index contributed by atoms with van der Waals surface area (Å²) in [6.45, 7) is 3.61. The molecule has 1 unspecified atom stereocenters. The third kappa shape index (κ3) is 3.75. The van der Waals surface area contributed by atoms with E-state index in [0.29, 0.717) is 13.0 Å². The first kappa shape index (κ1) is 11.8. The highest BCUT2D eigenvalue weighted by Crippen LogP contribution is 2.22. The monoisotopic (exact) mass is 212 g/mol. The minimum absolute atomic E-state index is 0.155. The topological polar surface area (TPSA) is 48.7 Å². The second-order valence-electron chi connectivity index (χ2n) is 3.30. The lowest BCUT2D eigenvalue weighted by Crippen LogP contribution is -2.07. The molecule has 0 aliphatic heterocycles. The molecule has 0 bridgehead atoms. The Morgan fingerprint density at radius 3 is 2.73 bits per heavy atom. The summed E-state index contributed by atoms with van der Waals surface area (Å²) in [7, 11) is 1.61.